The van der Waals surface area contributed by atoms with Gasteiger partial charge in [-0.2, -0.15) is 0 Å². The van der Waals surface area contributed by atoms with E-state index in [0.717, 1.165) is 60.3 Å². The highest BCUT2D eigenvalue weighted by molar-refractivity contribution is 5.40. The summed E-state index contributed by atoms with van der Waals surface area (Å²) in [7, 11) is 0. The molecule has 10 heteroatoms. The summed E-state index contributed by atoms with van der Waals surface area (Å²) in [5.41, 5.74) is 2.05. The highest BCUT2D eigenvalue weighted by Crippen LogP contribution is 2.33. The Labute approximate surface area is 270 Å². The molecule has 0 amide bonds. The lowest BCUT2D eigenvalue weighted by Crippen LogP contribution is -2.32. The van der Waals surface area contributed by atoms with E-state index in [1.165, 1.54) is 62.8 Å². The van der Waals surface area contributed by atoms with Gasteiger partial charge < -0.3 is 20.0 Å². The van der Waals surface area contributed by atoms with E-state index in [1.54, 1.807) is 49.1 Å². The first-order chi connectivity index (χ1) is 22.3. The van der Waals surface area contributed by atoms with Crippen molar-refractivity contribution in [2.45, 2.75) is 63.2 Å². The molecule has 0 aliphatic carbocycles. The van der Waals surface area contributed by atoms with Gasteiger partial charge in [0.2, 0.25) is 11.9 Å². The zero-order valence-electron chi connectivity index (χ0n) is 26.7. The second-order valence-electron chi connectivity index (χ2n) is 12.6. The molecular weight excluding hydrogens is 586 g/mol. The van der Waals surface area contributed by atoms with Gasteiger partial charge >= 0.3 is 0 Å². The molecule has 2 aromatic heterocycles. The Hall–Kier alpha value is -4.02. The number of rotatable bonds is 8. The van der Waals surface area contributed by atoms with Gasteiger partial charge in [0.15, 0.2) is 0 Å². The summed E-state index contributed by atoms with van der Waals surface area (Å²) in [5.74, 6) is 0.914. The fraction of sp³-hybridized carbons (Fsp3) is 0.444. The van der Waals surface area contributed by atoms with Crippen LogP contribution in [-0.2, 0) is 10.8 Å². The van der Waals surface area contributed by atoms with Crippen LogP contribution >= 0.6 is 0 Å². The largest absolute Gasteiger partial charge is 0.395 e. The van der Waals surface area contributed by atoms with Crippen molar-refractivity contribution in [1.82, 2.24) is 19.9 Å². The molecule has 8 nitrogen and oxygen atoms in total. The second-order valence-corrected chi connectivity index (χ2v) is 12.6. The van der Waals surface area contributed by atoms with Crippen LogP contribution in [0.25, 0.3) is 0 Å². The summed E-state index contributed by atoms with van der Waals surface area (Å²) in [6, 6.07) is 12.4. The topological polar surface area (TPSA) is 98.5 Å². The van der Waals surface area contributed by atoms with E-state index in [0.29, 0.717) is 0 Å². The first kappa shape index (κ1) is 33.3. The van der Waals surface area contributed by atoms with Crippen molar-refractivity contribution in [3.63, 3.8) is 0 Å². The van der Waals surface area contributed by atoms with Crippen molar-refractivity contribution < 1.29 is 19.0 Å². The quantitative estimate of drug-likeness (QED) is 0.252. The van der Waals surface area contributed by atoms with Gasteiger partial charge in [-0.3, -0.25) is 0 Å². The molecule has 46 heavy (non-hydrogen) atoms. The molecule has 244 valence electrons. The Morgan fingerprint density at radius 1 is 0.522 bits per heavy atom. The van der Waals surface area contributed by atoms with Crippen LogP contribution in [0.2, 0.25) is 0 Å². The number of anilines is 2. The lowest BCUT2D eigenvalue weighted by Gasteiger charge is -2.30. The smallest absolute Gasteiger partial charge is 0.225 e. The number of nitrogens with zero attached hydrogens (tertiary/aromatic N) is 6. The lowest BCUT2D eigenvalue weighted by molar-refractivity contribution is 0.230. The van der Waals surface area contributed by atoms with E-state index in [1.807, 2.05) is 13.8 Å². The molecule has 0 radical (unpaired) electrons. The summed E-state index contributed by atoms with van der Waals surface area (Å²) >= 11 is 0. The van der Waals surface area contributed by atoms with Crippen LogP contribution in [0.4, 0.5) is 20.7 Å². The van der Waals surface area contributed by atoms with Crippen LogP contribution < -0.4 is 9.80 Å². The summed E-state index contributed by atoms with van der Waals surface area (Å²) in [5, 5.41) is 19.8. The average Bonchev–Trinajstić information content (AvgIpc) is 3.13. The SMILES string of the molecule is C[C@@](CO)(c1ccc(F)cc1)c1cnc(N2CCCCC2)nc1.C[C@](CO)(c1ccc(F)cc1)c1cnc(N2CCCCC2)nc1. The lowest BCUT2D eigenvalue weighted by atomic mass is 9.78. The number of benzene rings is 2. The maximum atomic E-state index is 13.1. The predicted octanol–water partition coefficient (Wildman–Crippen LogP) is 5.81. The molecule has 2 aliphatic heterocycles. The summed E-state index contributed by atoms with van der Waals surface area (Å²) in [6.45, 7) is 7.63. The van der Waals surface area contributed by atoms with Gasteiger partial charge in [-0.25, -0.2) is 28.7 Å². The Morgan fingerprint density at radius 2 is 0.826 bits per heavy atom. The minimum Gasteiger partial charge on any atom is -0.395 e. The third-order valence-electron chi connectivity index (χ3n) is 9.42. The van der Waals surface area contributed by atoms with E-state index < -0.39 is 10.8 Å². The average molecular weight is 631 g/mol. The number of aliphatic hydroxyl groups is 2. The number of aromatic nitrogens is 4. The van der Waals surface area contributed by atoms with Crippen molar-refractivity contribution in [3.8, 4) is 0 Å². The van der Waals surface area contributed by atoms with Crippen LogP contribution in [0.3, 0.4) is 0 Å². The van der Waals surface area contributed by atoms with Gasteiger partial charge in [0.25, 0.3) is 0 Å². The fourth-order valence-corrected chi connectivity index (χ4v) is 6.06. The second kappa shape index (κ2) is 15.0. The molecule has 2 aliphatic rings. The Balaban J connectivity index is 0.000000181. The number of hydrogen-bond acceptors (Lipinski definition) is 8. The van der Waals surface area contributed by atoms with E-state index in [-0.39, 0.29) is 24.8 Å². The summed E-state index contributed by atoms with van der Waals surface area (Å²) in [4.78, 5) is 22.3. The molecule has 0 unspecified atom stereocenters. The third-order valence-corrected chi connectivity index (χ3v) is 9.42. The first-order valence-corrected chi connectivity index (χ1v) is 16.2. The Kier molecular flexibility index (Phi) is 10.9. The van der Waals surface area contributed by atoms with Gasteiger partial charge in [0.1, 0.15) is 11.6 Å². The van der Waals surface area contributed by atoms with Crippen molar-refractivity contribution in [2.75, 3.05) is 49.2 Å². The first-order valence-electron chi connectivity index (χ1n) is 16.2. The molecule has 0 spiro atoms. The van der Waals surface area contributed by atoms with E-state index in [9.17, 15) is 19.0 Å². The molecule has 0 saturated carbocycles. The van der Waals surface area contributed by atoms with Gasteiger partial charge in [0, 0.05) is 72.9 Å². The monoisotopic (exact) mass is 630 g/mol. The molecule has 6 rings (SSSR count). The molecule has 2 fully saturated rings. The zero-order chi connectivity index (χ0) is 32.6. The normalized spacial score (nSPS) is 17.8. The third kappa shape index (κ3) is 7.50. The minimum atomic E-state index is -0.645. The molecular formula is C36H44F2N6O2. The number of aliphatic hydroxyl groups excluding tert-OH is 2. The highest BCUT2D eigenvalue weighted by atomic mass is 19.1. The van der Waals surface area contributed by atoms with Crippen LogP contribution in [-0.4, -0.2) is 69.5 Å². The zero-order valence-corrected chi connectivity index (χ0v) is 26.7. The maximum Gasteiger partial charge on any atom is 0.225 e. The van der Waals surface area contributed by atoms with Gasteiger partial charge in [-0.1, -0.05) is 24.3 Å². The summed E-state index contributed by atoms with van der Waals surface area (Å²) in [6.07, 6.45) is 14.3. The van der Waals surface area contributed by atoms with Crippen molar-refractivity contribution in [2.24, 2.45) is 0 Å². The van der Waals surface area contributed by atoms with Crippen LogP contribution in [0.15, 0.2) is 73.3 Å². The molecule has 0 bridgehead atoms. The van der Waals surface area contributed by atoms with Crippen LogP contribution in [0.1, 0.15) is 74.6 Å². The van der Waals surface area contributed by atoms with E-state index >= 15 is 0 Å². The highest BCUT2D eigenvalue weighted by Gasteiger charge is 2.31. The standard InChI is InChI=1S/2C18H22FN3O/c2*1-18(13-23,14-5-7-16(19)8-6-14)15-11-20-17(21-12-15)22-9-3-2-4-10-22/h2*5-8,11-12,23H,2-4,9-10,13H2,1H3/t2*18-/m10/s1. The van der Waals surface area contributed by atoms with E-state index in [4.69, 9.17) is 0 Å². The van der Waals surface area contributed by atoms with Crippen LogP contribution in [0, 0.1) is 11.6 Å². The van der Waals surface area contributed by atoms with Gasteiger partial charge in [-0.05, 0) is 87.8 Å². The minimum absolute atomic E-state index is 0.0922. The fourth-order valence-electron chi connectivity index (χ4n) is 6.06. The number of halogens is 2. The Morgan fingerprint density at radius 3 is 1.11 bits per heavy atom. The molecule has 2 atom stereocenters. The van der Waals surface area contributed by atoms with Gasteiger partial charge in [0.05, 0.1) is 13.2 Å². The van der Waals surface area contributed by atoms with Crippen LogP contribution in [0.5, 0.6) is 0 Å². The summed E-state index contributed by atoms with van der Waals surface area (Å²) < 4.78 is 26.3. The number of hydrogen-bond donors (Lipinski definition) is 2. The van der Waals surface area contributed by atoms with E-state index in [2.05, 4.69) is 29.7 Å². The maximum absolute atomic E-state index is 13.1. The molecule has 4 heterocycles. The molecule has 2 saturated heterocycles. The molecule has 4 aromatic rings. The number of piperidine rings is 2. The van der Waals surface area contributed by atoms with Crippen molar-refractivity contribution in [3.05, 3.63) is 107 Å². The van der Waals surface area contributed by atoms with Gasteiger partial charge in [-0.15, -0.1) is 0 Å². The molecule has 2 aromatic carbocycles. The Bertz CT molecular complexity index is 1390. The molecule has 2 N–H and O–H groups in total. The van der Waals surface area contributed by atoms with Crippen molar-refractivity contribution in [1.29, 1.82) is 0 Å². The van der Waals surface area contributed by atoms with Crippen molar-refractivity contribution >= 4 is 11.9 Å². The predicted molar refractivity (Wildman–Crippen MR) is 176 cm³/mol.